The van der Waals surface area contributed by atoms with Crippen LogP contribution in [-0.4, -0.2) is 49.6 Å². The minimum absolute atomic E-state index is 0.0161. The van der Waals surface area contributed by atoms with Gasteiger partial charge in [-0.2, -0.15) is 0 Å². The van der Waals surface area contributed by atoms with Gasteiger partial charge in [0.25, 0.3) is 0 Å². The Morgan fingerprint density at radius 2 is 1.67 bits per heavy atom. The van der Waals surface area contributed by atoms with E-state index in [1.54, 1.807) is 13.8 Å². The number of hydrogen-bond acceptors (Lipinski definition) is 6. The van der Waals surface area contributed by atoms with Crippen molar-refractivity contribution < 1.29 is 28.7 Å². The van der Waals surface area contributed by atoms with Gasteiger partial charge in [-0.25, -0.2) is 4.79 Å². The van der Waals surface area contributed by atoms with E-state index in [0.717, 1.165) is 0 Å². The summed E-state index contributed by atoms with van der Waals surface area (Å²) in [6.45, 7) is 4.75. The van der Waals surface area contributed by atoms with Gasteiger partial charge in [-0.05, 0) is 20.3 Å². The van der Waals surface area contributed by atoms with Gasteiger partial charge >= 0.3 is 11.9 Å². The molecular weight excluding hydrogens is 280 g/mol. The van der Waals surface area contributed by atoms with E-state index in [4.69, 9.17) is 9.47 Å². The summed E-state index contributed by atoms with van der Waals surface area (Å²) in [5, 5.41) is 4.73. The SMILES string of the molecule is CCOC(=O)CCC(NC(=O)CNC(C)=O)C(=O)OCC. The molecule has 0 aliphatic rings. The molecule has 8 nitrogen and oxygen atoms in total. The van der Waals surface area contributed by atoms with E-state index in [1.807, 2.05) is 0 Å². The lowest BCUT2D eigenvalue weighted by Crippen LogP contribution is -2.46. The molecule has 0 aromatic rings. The molecule has 8 heteroatoms. The molecule has 0 bridgehead atoms. The monoisotopic (exact) mass is 302 g/mol. The van der Waals surface area contributed by atoms with Crippen LogP contribution >= 0.6 is 0 Å². The lowest BCUT2D eigenvalue weighted by Gasteiger charge is -2.17. The zero-order chi connectivity index (χ0) is 16.3. The van der Waals surface area contributed by atoms with Crippen molar-refractivity contribution in [2.45, 2.75) is 39.7 Å². The lowest BCUT2D eigenvalue weighted by atomic mass is 10.1. The van der Waals surface area contributed by atoms with Gasteiger partial charge in [0, 0.05) is 13.3 Å². The topological polar surface area (TPSA) is 111 Å². The van der Waals surface area contributed by atoms with Crippen LogP contribution in [-0.2, 0) is 28.7 Å². The van der Waals surface area contributed by atoms with Crippen molar-refractivity contribution in [3.8, 4) is 0 Å². The maximum atomic E-state index is 11.7. The molecule has 0 saturated carbocycles. The first-order valence-electron chi connectivity index (χ1n) is 6.76. The van der Waals surface area contributed by atoms with Crippen molar-refractivity contribution in [1.29, 1.82) is 0 Å². The highest BCUT2D eigenvalue weighted by molar-refractivity contribution is 5.88. The molecule has 0 rings (SSSR count). The van der Waals surface area contributed by atoms with Gasteiger partial charge in [0.15, 0.2) is 0 Å². The van der Waals surface area contributed by atoms with Crippen molar-refractivity contribution in [1.82, 2.24) is 10.6 Å². The summed E-state index contributed by atoms with van der Waals surface area (Å²) in [4.78, 5) is 45.3. The summed E-state index contributed by atoms with van der Waals surface area (Å²) >= 11 is 0. The minimum atomic E-state index is -0.949. The van der Waals surface area contributed by atoms with Crippen LogP contribution in [0.4, 0.5) is 0 Å². The molecule has 2 amide bonds. The second-order valence-corrected chi connectivity index (χ2v) is 4.13. The Labute approximate surface area is 123 Å². The number of nitrogens with one attached hydrogen (secondary N) is 2. The van der Waals surface area contributed by atoms with Gasteiger partial charge in [-0.1, -0.05) is 0 Å². The fourth-order valence-corrected chi connectivity index (χ4v) is 1.44. The lowest BCUT2D eigenvalue weighted by molar-refractivity contribution is -0.148. The first-order chi connectivity index (χ1) is 9.90. The second kappa shape index (κ2) is 10.6. The third-order valence-electron chi connectivity index (χ3n) is 2.35. The average molecular weight is 302 g/mol. The molecule has 0 aliphatic heterocycles. The Morgan fingerprint density at radius 1 is 1.05 bits per heavy atom. The quantitative estimate of drug-likeness (QED) is 0.556. The highest BCUT2D eigenvalue weighted by Gasteiger charge is 2.23. The molecule has 2 N–H and O–H groups in total. The predicted molar refractivity (Wildman–Crippen MR) is 73.1 cm³/mol. The molecular formula is C13H22N2O6. The van der Waals surface area contributed by atoms with Gasteiger partial charge in [-0.3, -0.25) is 14.4 Å². The van der Waals surface area contributed by atoms with Crippen molar-refractivity contribution in [2.24, 2.45) is 0 Å². The molecule has 0 aromatic heterocycles. The number of carbonyl (C=O) groups excluding carboxylic acids is 4. The molecule has 120 valence electrons. The Morgan fingerprint density at radius 3 is 2.19 bits per heavy atom. The Balaban J connectivity index is 4.44. The third kappa shape index (κ3) is 9.42. The van der Waals surface area contributed by atoms with Crippen LogP contribution in [0, 0.1) is 0 Å². The van der Waals surface area contributed by atoms with E-state index in [9.17, 15) is 19.2 Å². The number of amides is 2. The van der Waals surface area contributed by atoms with Crippen molar-refractivity contribution in [3.63, 3.8) is 0 Å². The Bertz CT molecular complexity index is 383. The highest BCUT2D eigenvalue weighted by atomic mass is 16.5. The summed E-state index contributed by atoms with van der Waals surface area (Å²) < 4.78 is 9.58. The number of carbonyl (C=O) groups is 4. The van der Waals surface area contributed by atoms with Crippen molar-refractivity contribution in [2.75, 3.05) is 19.8 Å². The molecule has 0 saturated heterocycles. The van der Waals surface area contributed by atoms with E-state index in [2.05, 4.69) is 10.6 Å². The van der Waals surface area contributed by atoms with Crippen LogP contribution in [0.25, 0.3) is 0 Å². The van der Waals surface area contributed by atoms with Gasteiger partial charge in [0.05, 0.1) is 19.8 Å². The van der Waals surface area contributed by atoms with Gasteiger partial charge in [-0.15, -0.1) is 0 Å². The maximum absolute atomic E-state index is 11.7. The largest absolute Gasteiger partial charge is 0.466 e. The van der Waals surface area contributed by atoms with E-state index in [0.29, 0.717) is 0 Å². The summed E-state index contributed by atoms with van der Waals surface area (Å²) in [6.07, 6.45) is 0.0568. The average Bonchev–Trinajstić information content (AvgIpc) is 2.41. The van der Waals surface area contributed by atoms with E-state index in [-0.39, 0.29) is 38.5 Å². The summed E-state index contributed by atoms with van der Waals surface area (Å²) in [5.41, 5.74) is 0. The van der Waals surface area contributed by atoms with Crippen LogP contribution in [0.3, 0.4) is 0 Å². The smallest absolute Gasteiger partial charge is 0.328 e. The first kappa shape index (κ1) is 18.9. The van der Waals surface area contributed by atoms with Crippen LogP contribution in [0.15, 0.2) is 0 Å². The Hall–Kier alpha value is -2.12. The normalized spacial score (nSPS) is 11.2. The standard InChI is InChI=1S/C13H22N2O6/c1-4-20-12(18)7-6-10(13(19)21-5-2)15-11(17)8-14-9(3)16/h10H,4-8H2,1-3H3,(H,14,16)(H,15,17). The maximum Gasteiger partial charge on any atom is 0.328 e. The summed E-state index contributed by atoms with van der Waals surface area (Å²) in [5.74, 6) is -1.97. The van der Waals surface area contributed by atoms with Crippen molar-refractivity contribution in [3.05, 3.63) is 0 Å². The molecule has 1 unspecified atom stereocenters. The van der Waals surface area contributed by atoms with Gasteiger partial charge in [0.2, 0.25) is 11.8 Å². The van der Waals surface area contributed by atoms with E-state index < -0.39 is 23.9 Å². The zero-order valence-corrected chi connectivity index (χ0v) is 12.6. The molecule has 0 fully saturated rings. The number of esters is 2. The van der Waals surface area contributed by atoms with Gasteiger partial charge in [0.1, 0.15) is 6.04 Å². The second-order valence-electron chi connectivity index (χ2n) is 4.13. The third-order valence-corrected chi connectivity index (χ3v) is 2.35. The van der Waals surface area contributed by atoms with Crippen LogP contribution in [0.1, 0.15) is 33.6 Å². The number of hydrogen-bond donors (Lipinski definition) is 2. The molecule has 0 aromatic carbocycles. The molecule has 21 heavy (non-hydrogen) atoms. The van der Waals surface area contributed by atoms with E-state index in [1.165, 1.54) is 6.92 Å². The summed E-state index contributed by atoms with van der Waals surface area (Å²) in [6, 6.07) is -0.949. The first-order valence-corrected chi connectivity index (χ1v) is 6.76. The fourth-order valence-electron chi connectivity index (χ4n) is 1.44. The van der Waals surface area contributed by atoms with Crippen molar-refractivity contribution >= 4 is 23.8 Å². The van der Waals surface area contributed by atoms with Crippen LogP contribution in [0.2, 0.25) is 0 Å². The highest BCUT2D eigenvalue weighted by Crippen LogP contribution is 2.02. The number of rotatable bonds is 9. The Kier molecular flexibility index (Phi) is 9.57. The molecule has 0 aliphatic carbocycles. The summed E-state index contributed by atoms with van der Waals surface area (Å²) in [7, 11) is 0. The van der Waals surface area contributed by atoms with E-state index >= 15 is 0 Å². The fraction of sp³-hybridized carbons (Fsp3) is 0.692. The minimum Gasteiger partial charge on any atom is -0.466 e. The molecule has 0 spiro atoms. The van der Waals surface area contributed by atoms with Crippen LogP contribution < -0.4 is 10.6 Å². The molecule has 1 atom stereocenters. The number of ether oxygens (including phenoxy) is 2. The van der Waals surface area contributed by atoms with Gasteiger partial charge < -0.3 is 20.1 Å². The zero-order valence-electron chi connectivity index (χ0n) is 12.6. The molecule has 0 radical (unpaired) electrons. The molecule has 0 heterocycles. The van der Waals surface area contributed by atoms with Crippen LogP contribution in [0.5, 0.6) is 0 Å². The predicted octanol–water partition coefficient (Wildman–Crippen LogP) is -0.486.